The highest BCUT2D eigenvalue weighted by molar-refractivity contribution is 7.17. The van der Waals surface area contributed by atoms with Gasteiger partial charge in [-0.05, 0) is 62.6 Å². The molecular weight excluding hydrogens is 466 g/mol. The van der Waals surface area contributed by atoms with Crippen LogP contribution in [-0.2, 0) is 22.4 Å². The highest BCUT2D eigenvalue weighted by Gasteiger charge is 2.34. The third-order valence-electron chi connectivity index (χ3n) is 6.83. The Hall–Kier alpha value is -3.04. The van der Waals surface area contributed by atoms with Crippen molar-refractivity contribution in [2.24, 2.45) is 0 Å². The van der Waals surface area contributed by atoms with E-state index in [0.29, 0.717) is 34.7 Å². The number of ether oxygens (including phenoxy) is 1. The van der Waals surface area contributed by atoms with Crippen molar-refractivity contribution in [3.8, 4) is 0 Å². The molecule has 1 fully saturated rings. The van der Waals surface area contributed by atoms with Crippen molar-refractivity contribution < 1.29 is 23.9 Å². The Labute approximate surface area is 208 Å². The van der Waals surface area contributed by atoms with E-state index < -0.39 is 0 Å². The molecule has 9 heteroatoms. The smallest absolute Gasteiger partial charge is 0.261 e. The molecule has 5 rings (SSSR count). The molecule has 0 spiro atoms. The molecule has 3 heterocycles. The minimum atomic E-state index is -0.317. The van der Waals surface area contributed by atoms with Gasteiger partial charge in [0.2, 0.25) is 5.91 Å². The summed E-state index contributed by atoms with van der Waals surface area (Å²) in [5.41, 5.74) is 2.44. The van der Waals surface area contributed by atoms with Gasteiger partial charge in [0.1, 0.15) is 5.00 Å². The minimum Gasteiger partial charge on any atom is -0.376 e. The zero-order valence-electron chi connectivity index (χ0n) is 19.6. The molecule has 1 aliphatic carbocycles. The molecule has 3 aliphatic rings. The first-order valence-electron chi connectivity index (χ1n) is 12.3. The Balaban J connectivity index is 1.20. The molecule has 0 unspecified atom stereocenters. The fourth-order valence-corrected chi connectivity index (χ4v) is 6.33. The van der Waals surface area contributed by atoms with Crippen LogP contribution in [0.15, 0.2) is 24.3 Å². The zero-order valence-corrected chi connectivity index (χ0v) is 20.4. The van der Waals surface area contributed by atoms with Gasteiger partial charge in [-0.15, -0.1) is 11.3 Å². The normalized spacial score (nSPS) is 19.0. The molecule has 4 amide bonds. The van der Waals surface area contributed by atoms with Gasteiger partial charge in [0, 0.05) is 31.0 Å². The molecule has 0 radical (unpaired) electrons. The van der Waals surface area contributed by atoms with Crippen LogP contribution in [0, 0.1) is 0 Å². The van der Waals surface area contributed by atoms with Crippen LogP contribution in [-0.4, -0.2) is 54.3 Å². The van der Waals surface area contributed by atoms with E-state index in [2.05, 4.69) is 10.6 Å². The van der Waals surface area contributed by atoms with Crippen molar-refractivity contribution in [2.45, 2.75) is 57.5 Å². The summed E-state index contributed by atoms with van der Waals surface area (Å²) in [7, 11) is 0. The molecule has 2 N–H and O–H groups in total. The lowest BCUT2D eigenvalue weighted by atomic mass is 9.95. The molecule has 8 nitrogen and oxygen atoms in total. The lowest BCUT2D eigenvalue weighted by Gasteiger charge is -2.15. The largest absolute Gasteiger partial charge is 0.376 e. The summed E-state index contributed by atoms with van der Waals surface area (Å²) in [4.78, 5) is 53.3. The van der Waals surface area contributed by atoms with Crippen LogP contribution in [0.2, 0.25) is 0 Å². The predicted molar refractivity (Wildman–Crippen MR) is 132 cm³/mol. The molecule has 0 bridgehead atoms. The van der Waals surface area contributed by atoms with Crippen LogP contribution in [0.4, 0.5) is 5.00 Å². The van der Waals surface area contributed by atoms with Crippen LogP contribution in [0.25, 0.3) is 0 Å². The highest BCUT2D eigenvalue weighted by Crippen LogP contribution is 2.38. The van der Waals surface area contributed by atoms with E-state index in [4.69, 9.17) is 4.74 Å². The van der Waals surface area contributed by atoms with Gasteiger partial charge in [0.05, 0.1) is 22.8 Å². The maximum Gasteiger partial charge on any atom is 0.261 e. The van der Waals surface area contributed by atoms with Gasteiger partial charge in [-0.2, -0.15) is 0 Å². The van der Waals surface area contributed by atoms with Crippen molar-refractivity contribution >= 4 is 40.0 Å². The van der Waals surface area contributed by atoms with E-state index in [1.54, 1.807) is 24.3 Å². The quantitative estimate of drug-likeness (QED) is 0.545. The summed E-state index contributed by atoms with van der Waals surface area (Å²) in [5, 5.41) is 6.53. The average molecular weight is 496 g/mol. The number of carbonyl (C=O) groups excluding carboxylic acids is 4. The Morgan fingerprint density at radius 2 is 1.80 bits per heavy atom. The molecule has 1 aromatic heterocycles. The number of benzene rings is 1. The fraction of sp³-hybridized carbons (Fsp3) is 0.462. The van der Waals surface area contributed by atoms with Crippen LogP contribution in [0.3, 0.4) is 0 Å². The number of anilines is 1. The number of amides is 4. The summed E-state index contributed by atoms with van der Waals surface area (Å²) >= 11 is 1.49. The summed E-state index contributed by atoms with van der Waals surface area (Å²) in [6.07, 6.45) is 6.37. The number of carbonyl (C=O) groups is 4. The van der Waals surface area contributed by atoms with Crippen LogP contribution in [0.5, 0.6) is 0 Å². The fourth-order valence-electron chi connectivity index (χ4n) is 5.02. The second kappa shape index (κ2) is 10.3. The van der Waals surface area contributed by atoms with Gasteiger partial charge in [-0.3, -0.25) is 24.1 Å². The van der Waals surface area contributed by atoms with Gasteiger partial charge in [-0.1, -0.05) is 12.1 Å². The standard InChI is InChI=1S/C26H29N3O5S/c30-21(12-5-13-29-25(32)17-8-1-2-9-18(17)26(29)33)28-24-22(19-10-3-4-11-20(19)35-24)23(31)27-15-16-7-6-14-34-16/h1-2,8-9,16H,3-7,10-15H2,(H,27,31)(H,28,30)/t16-/m1/s1. The first-order chi connectivity index (χ1) is 17.0. The molecular formula is C26H29N3O5S. The van der Waals surface area contributed by atoms with Gasteiger partial charge in [0.15, 0.2) is 0 Å². The van der Waals surface area contributed by atoms with Crippen molar-refractivity contribution in [2.75, 3.05) is 25.0 Å². The lowest BCUT2D eigenvalue weighted by molar-refractivity contribution is -0.116. The lowest BCUT2D eigenvalue weighted by Crippen LogP contribution is -2.33. The molecule has 1 atom stereocenters. The first kappa shape index (κ1) is 23.7. The second-order valence-corrected chi connectivity index (χ2v) is 10.3. The number of aryl methyl sites for hydroxylation is 1. The maximum atomic E-state index is 13.1. The van der Waals surface area contributed by atoms with E-state index in [0.717, 1.165) is 50.7 Å². The van der Waals surface area contributed by atoms with E-state index in [1.165, 1.54) is 21.1 Å². The number of hydrogen-bond acceptors (Lipinski definition) is 6. The Morgan fingerprint density at radius 3 is 2.51 bits per heavy atom. The number of imide groups is 1. The predicted octanol–water partition coefficient (Wildman–Crippen LogP) is 3.55. The third kappa shape index (κ3) is 4.88. The van der Waals surface area contributed by atoms with E-state index in [1.807, 2.05) is 0 Å². The second-order valence-electron chi connectivity index (χ2n) is 9.22. The van der Waals surface area contributed by atoms with Gasteiger partial charge < -0.3 is 15.4 Å². The van der Waals surface area contributed by atoms with E-state index >= 15 is 0 Å². The summed E-state index contributed by atoms with van der Waals surface area (Å²) in [6.45, 7) is 1.38. The Kier molecular flexibility index (Phi) is 6.97. The van der Waals surface area contributed by atoms with Crippen molar-refractivity contribution in [1.29, 1.82) is 0 Å². The highest BCUT2D eigenvalue weighted by atomic mass is 32.1. The Bertz CT molecular complexity index is 1130. The van der Waals surface area contributed by atoms with Crippen LogP contribution < -0.4 is 10.6 Å². The van der Waals surface area contributed by atoms with Crippen molar-refractivity contribution in [3.05, 3.63) is 51.4 Å². The van der Waals surface area contributed by atoms with Crippen molar-refractivity contribution in [1.82, 2.24) is 10.2 Å². The van der Waals surface area contributed by atoms with Gasteiger partial charge in [0.25, 0.3) is 17.7 Å². The summed E-state index contributed by atoms with van der Waals surface area (Å²) < 4.78 is 5.62. The molecule has 35 heavy (non-hydrogen) atoms. The monoisotopic (exact) mass is 495 g/mol. The number of rotatable bonds is 8. The third-order valence-corrected chi connectivity index (χ3v) is 8.04. The number of fused-ring (bicyclic) bond motifs is 2. The summed E-state index contributed by atoms with van der Waals surface area (Å²) in [6, 6.07) is 6.75. The molecule has 0 saturated carbocycles. The number of nitrogens with zero attached hydrogens (tertiary/aromatic N) is 1. The Morgan fingerprint density at radius 1 is 1.06 bits per heavy atom. The number of thiophene rings is 1. The van der Waals surface area contributed by atoms with E-state index in [-0.39, 0.29) is 42.7 Å². The topological polar surface area (TPSA) is 105 Å². The number of hydrogen-bond donors (Lipinski definition) is 2. The molecule has 1 aromatic carbocycles. The zero-order chi connectivity index (χ0) is 24.4. The first-order valence-corrected chi connectivity index (χ1v) is 13.1. The van der Waals surface area contributed by atoms with Crippen LogP contribution in [0.1, 0.15) is 80.0 Å². The van der Waals surface area contributed by atoms with Crippen molar-refractivity contribution in [3.63, 3.8) is 0 Å². The summed E-state index contributed by atoms with van der Waals surface area (Å²) in [5.74, 6) is -1.03. The number of nitrogens with one attached hydrogen (secondary N) is 2. The molecule has 1 saturated heterocycles. The SMILES string of the molecule is O=C(CCCN1C(=O)c2ccccc2C1=O)Nc1sc2c(c1C(=O)NC[C@H]1CCCO1)CCCC2. The van der Waals surface area contributed by atoms with E-state index in [9.17, 15) is 19.2 Å². The van der Waals surface area contributed by atoms with Gasteiger partial charge >= 0.3 is 0 Å². The van der Waals surface area contributed by atoms with Crippen LogP contribution >= 0.6 is 11.3 Å². The molecule has 2 aliphatic heterocycles. The molecule has 2 aromatic rings. The average Bonchev–Trinajstić information content (AvgIpc) is 3.57. The molecule has 184 valence electrons. The maximum absolute atomic E-state index is 13.1. The van der Waals surface area contributed by atoms with Gasteiger partial charge in [-0.25, -0.2) is 0 Å². The minimum absolute atomic E-state index is 0.0496.